The van der Waals surface area contributed by atoms with E-state index in [1.165, 1.54) is 11.9 Å². The van der Waals surface area contributed by atoms with Crippen molar-refractivity contribution in [1.82, 2.24) is 25.1 Å². The highest BCUT2D eigenvalue weighted by atomic mass is 16.5. The minimum absolute atomic E-state index is 0.756. The number of hydrogen-bond donors (Lipinski definition) is 1. The van der Waals surface area contributed by atoms with Gasteiger partial charge < -0.3 is 10.1 Å². The SMILES string of the molecule is COCCNCCCc1cnn(-c2ccncn2)c1. The van der Waals surface area contributed by atoms with E-state index in [0.29, 0.717) is 0 Å². The summed E-state index contributed by atoms with van der Waals surface area (Å²) < 4.78 is 6.74. The van der Waals surface area contributed by atoms with Crippen LogP contribution >= 0.6 is 0 Å². The van der Waals surface area contributed by atoms with Gasteiger partial charge in [0.2, 0.25) is 0 Å². The second-order valence-corrected chi connectivity index (χ2v) is 4.21. The number of aromatic nitrogens is 4. The van der Waals surface area contributed by atoms with Gasteiger partial charge in [-0.15, -0.1) is 0 Å². The summed E-state index contributed by atoms with van der Waals surface area (Å²) >= 11 is 0. The lowest BCUT2D eigenvalue weighted by molar-refractivity contribution is 0.199. The van der Waals surface area contributed by atoms with E-state index in [1.807, 2.05) is 18.5 Å². The molecule has 0 radical (unpaired) electrons. The van der Waals surface area contributed by atoms with Crippen molar-refractivity contribution in [2.45, 2.75) is 12.8 Å². The van der Waals surface area contributed by atoms with Crippen molar-refractivity contribution in [2.24, 2.45) is 0 Å². The fourth-order valence-corrected chi connectivity index (χ4v) is 1.75. The van der Waals surface area contributed by atoms with Gasteiger partial charge in [-0.05, 0) is 24.9 Å². The van der Waals surface area contributed by atoms with Crippen molar-refractivity contribution in [3.8, 4) is 5.82 Å². The fraction of sp³-hybridized carbons (Fsp3) is 0.462. The van der Waals surface area contributed by atoms with Crippen molar-refractivity contribution >= 4 is 0 Å². The zero-order valence-electron chi connectivity index (χ0n) is 11.1. The lowest BCUT2D eigenvalue weighted by Crippen LogP contribution is -2.20. The Balaban J connectivity index is 1.75. The monoisotopic (exact) mass is 261 g/mol. The lowest BCUT2D eigenvalue weighted by atomic mass is 10.2. The molecule has 0 saturated heterocycles. The van der Waals surface area contributed by atoms with Crippen LogP contribution in [-0.2, 0) is 11.2 Å². The van der Waals surface area contributed by atoms with Gasteiger partial charge in [0.1, 0.15) is 6.33 Å². The molecule has 6 nitrogen and oxygen atoms in total. The molecule has 0 spiro atoms. The van der Waals surface area contributed by atoms with Gasteiger partial charge in [0.25, 0.3) is 0 Å². The van der Waals surface area contributed by atoms with Gasteiger partial charge in [0.05, 0.1) is 12.8 Å². The molecule has 2 aromatic rings. The van der Waals surface area contributed by atoms with Crippen LogP contribution < -0.4 is 5.32 Å². The second-order valence-electron chi connectivity index (χ2n) is 4.21. The van der Waals surface area contributed by atoms with Gasteiger partial charge in [-0.1, -0.05) is 0 Å². The van der Waals surface area contributed by atoms with E-state index < -0.39 is 0 Å². The van der Waals surface area contributed by atoms with Gasteiger partial charge in [-0.25, -0.2) is 14.6 Å². The van der Waals surface area contributed by atoms with E-state index in [2.05, 4.69) is 20.4 Å². The van der Waals surface area contributed by atoms with Crippen molar-refractivity contribution in [3.63, 3.8) is 0 Å². The molecule has 102 valence electrons. The summed E-state index contributed by atoms with van der Waals surface area (Å²) in [6.07, 6.45) is 9.22. The Morgan fingerprint density at radius 1 is 1.37 bits per heavy atom. The number of ether oxygens (including phenoxy) is 1. The number of aryl methyl sites for hydroxylation is 1. The first-order valence-corrected chi connectivity index (χ1v) is 6.40. The van der Waals surface area contributed by atoms with Gasteiger partial charge in [-0.3, -0.25) is 0 Å². The first-order valence-electron chi connectivity index (χ1n) is 6.40. The average Bonchev–Trinajstić information content (AvgIpc) is 2.92. The number of methoxy groups -OCH3 is 1. The standard InChI is InChI=1S/C13H19N5O/c1-19-8-7-14-5-2-3-12-9-17-18(10-12)13-4-6-15-11-16-13/h4,6,9-11,14H,2-3,5,7-8H2,1H3. The summed E-state index contributed by atoms with van der Waals surface area (Å²) in [5.74, 6) is 0.791. The fourth-order valence-electron chi connectivity index (χ4n) is 1.75. The molecule has 0 aliphatic heterocycles. The zero-order valence-corrected chi connectivity index (χ0v) is 11.1. The summed E-state index contributed by atoms with van der Waals surface area (Å²) in [5, 5.41) is 7.62. The van der Waals surface area contributed by atoms with Crippen LogP contribution in [0.25, 0.3) is 5.82 Å². The largest absolute Gasteiger partial charge is 0.383 e. The minimum Gasteiger partial charge on any atom is -0.383 e. The minimum atomic E-state index is 0.756. The van der Waals surface area contributed by atoms with Crippen LogP contribution in [0.2, 0.25) is 0 Å². The van der Waals surface area contributed by atoms with E-state index in [4.69, 9.17) is 4.74 Å². The Bertz CT molecular complexity index is 471. The molecule has 0 bridgehead atoms. The van der Waals surface area contributed by atoms with Crippen molar-refractivity contribution < 1.29 is 4.74 Å². The molecule has 1 N–H and O–H groups in total. The Kier molecular flexibility index (Phi) is 5.46. The third-order valence-electron chi connectivity index (χ3n) is 2.74. The summed E-state index contributed by atoms with van der Waals surface area (Å²) in [6, 6.07) is 1.84. The third kappa shape index (κ3) is 4.42. The first kappa shape index (κ1) is 13.6. The van der Waals surface area contributed by atoms with Crippen molar-refractivity contribution in [1.29, 1.82) is 0 Å². The molecule has 0 unspecified atom stereocenters. The van der Waals surface area contributed by atoms with Crippen LogP contribution in [0.15, 0.2) is 31.0 Å². The number of nitrogens with one attached hydrogen (secondary N) is 1. The van der Waals surface area contributed by atoms with Crippen LogP contribution in [-0.4, -0.2) is 46.6 Å². The summed E-state index contributed by atoms with van der Waals surface area (Å²) in [5.41, 5.74) is 1.21. The Hall–Kier alpha value is -1.79. The quantitative estimate of drug-likeness (QED) is 0.713. The molecule has 0 fully saturated rings. The van der Waals surface area contributed by atoms with Gasteiger partial charge in [0.15, 0.2) is 5.82 Å². The molecule has 0 aromatic carbocycles. The van der Waals surface area contributed by atoms with Crippen LogP contribution in [0.3, 0.4) is 0 Å². The van der Waals surface area contributed by atoms with Gasteiger partial charge in [0, 0.05) is 32.1 Å². The van der Waals surface area contributed by atoms with E-state index in [-0.39, 0.29) is 0 Å². The van der Waals surface area contributed by atoms with E-state index in [1.54, 1.807) is 18.0 Å². The van der Waals surface area contributed by atoms with Crippen molar-refractivity contribution in [3.05, 3.63) is 36.5 Å². The van der Waals surface area contributed by atoms with Crippen molar-refractivity contribution in [2.75, 3.05) is 26.8 Å². The number of rotatable bonds is 8. The van der Waals surface area contributed by atoms with Gasteiger partial charge >= 0.3 is 0 Å². The molecule has 6 heteroatoms. The number of hydrogen-bond acceptors (Lipinski definition) is 5. The molecule has 2 aromatic heterocycles. The highest BCUT2D eigenvalue weighted by Crippen LogP contribution is 2.05. The second kappa shape index (κ2) is 7.60. The maximum atomic E-state index is 4.97. The predicted octanol–water partition coefficient (Wildman–Crippen LogP) is 0.831. The number of nitrogens with zero attached hydrogens (tertiary/aromatic N) is 4. The van der Waals surface area contributed by atoms with Crippen LogP contribution in [0.4, 0.5) is 0 Å². The zero-order chi connectivity index (χ0) is 13.3. The molecule has 0 amide bonds. The van der Waals surface area contributed by atoms with Crippen LogP contribution in [0.5, 0.6) is 0 Å². The Morgan fingerprint density at radius 2 is 2.32 bits per heavy atom. The predicted molar refractivity (Wildman–Crippen MR) is 72.2 cm³/mol. The molecule has 0 saturated carbocycles. The molecule has 0 atom stereocenters. The molecule has 0 aliphatic rings. The Morgan fingerprint density at radius 3 is 3.11 bits per heavy atom. The smallest absolute Gasteiger partial charge is 0.156 e. The summed E-state index contributed by atoms with van der Waals surface area (Å²) in [4.78, 5) is 8.05. The van der Waals surface area contributed by atoms with Crippen LogP contribution in [0, 0.1) is 0 Å². The third-order valence-corrected chi connectivity index (χ3v) is 2.74. The molecular formula is C13H19N5O. The summed E-state index contributed by atoms with van der Waals surface area (Å²) in [7, 11) is 1.71. The molecule has 0 aliphatic carbocycles. The topological polar surface area (TPSA) is 64.9 Å². The molecule has 2 heterocycles. The first-order chi connectivity index (χ1) is 9.40. The van der Waals surface area contributed by atoms with Gasteiger partial charge in [-0.2, -0.15) is 5.10 Å². The average molecular weight is 261 g/mol. The molecule has 19 heavy (non-hydrogen) atoms. The van der Waals surface area contributed by atoms with E-state index in [9.17, 15) is 0 Å². The lowest BCUT2D eigenvalue weighted by Gasteiger charge is -2.02. The highest BCUT2D eigenvalue weighted by molar-refractivity contribution is 5.20. The highest BCUT2D eigenvalue weighted by Gasteiger charge is 2.01. The maximum absolute atomic E-state index is 4.97. The Labute approximate surface area is 112 Å². The maximum Gasteiger partial charge on any atom is 0.156 e. The van der Waals surface area contributed by atoms with E-state index >= 15 is 0 Å². The normalized spacial score (nSPS) is 10.8. The molecular weight excluding hydrogens is 242 g/mol. The summed E-state index contributed by atoms with van der Waals surface area (Å²) in [6.45, 7) is 2.64. The van der Waals surface area contributed by atoms with Crippen LogP contribution in [0.1, 0.15) is 12.0 Å². The molecule has 2 rings (SSSR count). The van der Waals surface area contributed by atoms with E-state index in [0.717, 1.165) is 38.4 Å².